The van der Waals surface area contributed by atoms with Gasteiger partial charge >= 0.3 is 0 Å². The second kappa shape index (κ2) is 7.16. The Kier molecular flexibility index (Phi) is 4.97. The molecule has 3 rings (SSSR count). The molecule has 0 saturated carbocycles. The SMILES string of the molecule is COc1ccc2[nH]cc(C(CN)Cc3ccc(OC)c(Cl)c3)c2c1. The highest BCUT2D eigenvalue weighted by atomic mass is 35.5. The number of aromatic nitrogens is 1. The Labute approximate surface area is 146 Å². The second-order valence-electron chi connectivity index (χ2n) is 5.76. The predicted octanol–water partition coefficient (Wildman–Crippen LogP) is 4.12. The number of H-pyrrole nitrogens is 1. The molecular weight excluding hydrogens is 324 g/mol. The van der Waals surface area contributed by atoms with Crippen molar-refractivity contribution in [2.24, 2.45) is 5.73 Å². The Morgan fingerprint density at radius 3 is 2.62 bits per heavy atom. The van der Waals surface area contributed by atoms with Crippen molar-refractivity contribution in [1.29, 1.82) is 0 Å². The van der Waals surface area contributed by atoms with Gasteiger partial charge in [-0.05, 0) is 54.4 Å². The minimum Gasteiger partial charge on any atom is -0.497 e. The summed E-state index contributed by atoms with van der Waals surface area (Å²) in [5, 5.41) is 1.76. The Hall–Kier alpha value is -2.17. The van der Waals surface area contributed by atoms with E-state index >= 15 is 0 Å². The van der Waals surface area contributed by atoms with Gasteiger partial charge in [-0.15, -0.1) is 0 Å². The number of benzene rings is 2. The van der Waals surface area contributed by atoms with Crippen LogP contribution >= 0.6 is 11.6 Å². The van der Waals surface area contributed by atoms with Crippen molar-refractivity contribution in [2.45, 2.75) is 12.3 Å². The average Bonchev–Trinajstić information content (AvgIpc) is 3.02. The average molecular weight is 345 g/mol. The molecule has 3 N–H and O–H groups in total. The minimum absolute atomic E-state index is 0.190. The summed E-state index contributed by atoms with van der Waals surface area (Å²) >= 11 is 6.24. The monoisotopic (exact) mass is 344 g/mol. The van der Waals surface area contributed by atoms with Crippen molar-refractivity contribution in [3.05, 3.63) is 58.7 Å². The molecule has 0 amide bonds. The standard InChI is InChI=1S/C19H21ClN2O2/c1-23-14-4-5-18-15(9-14)16(11-22-18)13(10-21)7-12-3-6-19(24-2)17(20)8-12/h3-6,8-9,11,13,22H,7,10,21H2,1-2H3. The molecule has 3 aromatic rings. The van der Waals surface area contributed by atoms with Crippen LogP contribution in [0.4, 0.5) is 0 Å². The Morgan fingerprint density at radius 2 is 1.96 bits per heavy atom. The molecule has 0 fully saturated rings. The largest absolute Gasteiger partial charge is 0.497 e. The maximum Gasteiger partial charge on any atom is 0.137 e. The van der Waals surface area contributed by atoms with Crippen LogP contribution in [0.25, 0.3) is 10.9 Å². The first-order valence-electron chi connectivity index (χ1n) is 7.83. The molecule has 0 saturated heterocycles. The van der Waals surface area contributed by atoms with Crippen LogP contribution in [0.2, 0.25) is 5.02 Å². The van der Waals surface area contributed by atoms with Gasteiger partial charge in [-0.3, -0.25) is 0 Å². The first-order chi connectivity index (χ1) is 11.7. The van der Waals surface area contributed by atoms with Gasteiger partial charge in [0.15, 0.2) is 0 Å². The number of nitrogens with two attached hydrogens (primary N) is 1. The van der Waals surface area contributed by atoms with Crippen molar-refractivity contribution in [3.8, 4) is 11.5 Å². The topological polar surface area (TPSA) is 60.3 Å². The third-order valence-corrected chi connectivity index (χ3v) is 4.64. The van der Waals surface area contributed by atoms with E-state index in [0.29, 0.717) is 17.3 Å². The van der Waals surface area contributed by atoms with Crippen molar-refractivity contribution >= 4 is 22.5 Å². The molecule has 0 radical (unpaired) electrons. The molecule has 4 nitrogen and oxygen atoms in total. The van der Waals surface area contributed by atoms with E-state index in [0.717, 1.165) is 28.6 Å². The van der Waals surface area contributed by atoms with E-state index in [4.69, 9.17) is 26.8 Å². The van der Waals surface area contributed by atoms with Gasteiger partial charge in [0.25, 0.3) is 0 Å². The first-order valence-corrected chi connectivity index (χ1v) is 8.21. The summed E-state index contributed by atoms with van der Waals surface area (Å²) in [7, 11) is 3.29. The predicted molar refractivity (Wildman–Crippen MR) is 98.4 cm³/mol. The van der Waals surface area contributed by atoms with E-state index < -0.39 is 0 Å². The zero-order chi connectivity index (χ0) is 17.1. The van der Waals surface area contributed by atoms with Crippen molar-refractivity contribution in [1.82, 2.24) is 4.98 Å². The van der Waals surface area contributed by atoms with Crippen LogP contribution in [0.1, 0.15) is 17.0 Å². The van der Waals surface area contributed by atoms with Crippen LogP contribution in [-0.2, 0) is 6.42 Å². The molecule has 0 spiro atoms. The van der Waals surface area contributed by atoms with Crippen LogP contribution in [0.3, 0.4) is 0 Å². The van der Waals surface area contributed by atoms with Crippen molar-refractivity contribution < 1.29 is 9.47 Å². The van der Waals surface area contributed by atoms with Crippen LogP contribution in [-0.4, -0.2) is 25.7 Å². The third kappa shape index (κ3) is 3.21. The van der Waals surface area contributed by atoms with Crippen molar-refractivity contribution in [2.75, 3.05) is 20.8 Å². The molecule has 1 heterocycles. The lowest BCUT2D eigenvalue weighted by Crippen LogP contribution is -2.14. The molecule has 1 unspecified atom stereocenters. The highest BCUT2D eigenvalue weighted by Gasteiger charge is 2.16. The summed E-state index contributed by atoms with van der Waals surface area (Å²) in [5.41, 5.74) is 9.47. The van der Waals surface area contributed by atoms with E-state index in [-0.39, 0.29) is 5.92 Å². The Balaban J connectivity index is 1.93. The number of rotatable bonds is 6. The van der Waals surface area contributed by atoms with Crippen LogP contribution in [0.5, 0.6) is 11.5 Å². The van der Waals surface area contributed by atoms with E-state index in [2.05, 4.69) is 4.98 Å². The van der Waals surface area contributed by atoms with E-state index in [1.807, 2.05) is 42.6 Å². The molecule has 0 aliphatic carbocycles. The van der Waals surface area contributed by atoms with Gasteiger partial charge in [0.2, 0.25) is 0 Å². The number of aromatic amines is 1. The number of halogens is 1. The molecule has 2 aromatic carbocycles. The maximum atomic E-state index is 6.24. The highest BCUT2D eigenvalue weighted by molar-refractivity contribution is 6.32. The molecule has 24 heavy (non-hydrogen) atoms. The lowest BCUT2D eigenvalue weighted by Gasteiger charge is -2.15. The molecule has 1 aromatic heterocycles. The molecule has 0 aliphatic rings. The van der Waals surface area contributed by atoms with Gasteiger partial charge in [0.05, 0.1) is 19.2 Å². The summed E-state index contributed by atoms with van der Waals surface area (Å²) in [5.74, 6) is 1.71. The highest BCUT2D eigenvalue weighted by Crippen LogP contribution is 2.32. The smallest absolute Gasteiger partial charge is 0.137 e. The number of methoxy groups -OCH3 is 2. The number of nitrogens with one attached hydrogen (secondary N) is 1. The zero-order valence-electron chi connectivity index (χ0n) is 13.8. The quantitative estimate of drug-likeness (QED) is 0.707. The van der Waals surface area contributed by atoms with Crippen LogP contribution < -0.4 is 15.2 Å². The van der Waals surface area contributed by atoms with Gasteiger partial charge in [-0.25, -0.2) is 0 Å². The summed E-state index contributed by atoms with van der Waals surface area (Å²) in [6.45, 7) is 0.549. The third-order valence-electron chi connectivity index (χ3n) is 4.34. The number of hydrogen-bond acceptors (Lipinski definition) is 3. The second-order valence-corrected chi connectivity index (χ2v) is 6.17. The summed E-state index contributed by atoms with van der Waals surface area (Å²) in [4.78, 5) is 3.31. The van der Waals surface area contributed by atoms with Gasteiger partial charge in [-0.2, -0.15) is 0 Å². The molecule has 126 valence electrons. The summed E-state index contributed by atoms with van der Waals surface area (Å²) in [6.07, 6.45) is 2.84. The zero-order valence-corrected chi connectivity index (χ0v) is 14.6. The van der Waals surface area contributed by atoms with Gasteiger partial charge < -0.3 is 20.2 Å². The van der Waals surface area contributed by atoms with Crippen LogP contribution in [0, 0.1) is 0 Å². The van der Waals surface area contributed by atoms with E-state index in [9.17, 15) is 0 Å². The molecular formula is C19H21ClN2O2. The molecule has 1 atom stereocenters. The molecule has 0 bridgehead atoms. The van der Waals surface area contributed by atoms with Crippen LogP contribution in [0.15, 0.2) is 42.6 Å². The fourth-order valence-electron chi connectivity index (χ4n) is 3.03. The fraction of sp³-hybridized carbons (Fsp3) is 0.263. The number of hydrogen-bond donors (Lipinski definition) is 2. The summed E-state index contributed by atoms with van der Waals surface area (Å²) in [6, 6.07) is 11.9. The minimum atomic E-state index is 0.190. The van der Waals surface area contributed by atoms with Crippen molar-refractivity contribution in [3.63, 3.8) is 0 Å². The maximum absolute atomic E-state index is 6.24. The van der Waals surface area contributed by atoms with Gasteiger partial charge in [0.1, 0.15) is 11.5 Å². The first kappa shape index (κ1) is 16.7. The van der Waals surface area contributed by atoms with Gasteiger partial charge in [0, 0.05) is 23.0 Å². The molecule has 0 aliphatic heterocycles. The normalized spacial score (nSPS) is 12.3. The van der Waals surface area contributed by atoms with E-state index in [1.165, 1.54) is 5.56 Å². The van der Waals surface area contributed by atoms with Gasteiger partial charge in [-0.1, -0.05) is 17.7 Å². The van der Waals surface area contributed by atoms with E-state index in [1.54, 1.807) is 14.2 Å². The lowest BCUT2D eigenvalue weighted by atomic mass is 9.91. The number of fused-ring (bicyclic) bond motifs is 1. The summed E-state index contributed by atoms with van der Waals surface area (Å²) < 4.78 is 10.6. The number of ether oxygens (including phenoxy) is 2. The fourth-order valence-corrected chi connectivity index (χ4v) is 3.31. The lowest BCUT2D eigenvalue weighted by molar-refractivity contribution is 0.415. The Bertz CT molecular complexity index is 844. The Morgan fingerprint density at radius 1 is 1.12 bits per heavy atom. The molecule has 5 heteroatoms.